The van der Waals surface area contributed by atoms with Crippen LogP contribution in [0, 0.1) is 6.92 Å². The molecule has 1 atom stereocenters. The van der Waals surface area contributed by atoms with Crippen LogP contribution in [0.5, 0.6) is 0 Å². The molecule has 3 aromatic rings. The van der Waals surface area contributed by atoms with Crippen LogP contribution in [0.2, 0.25) is 0 Å². The first-order chi connectivity index (χ1) is 13.4. The van der Waals surface area contributed by atoms with Crippen LogP contribution in [-0.4, -0.2) is 37.1 Å². The number of H-pyrrole nitrogens is 1. The predicted octanol–water partition coefficient (Wildman–Crippen LogP) is 2.96. The number of benzene rings is 1. The van der Waals surface area contributed by atoms with Crippen molar-refractivity contribution in [2.45, 2.75) is 38.3 Å². The van der Waals surface area contributed by atoms with Gasteiger partial charge in [-0.05, 0) is 24.6 Å². The van der Waals surface area contributed by atoms with Gasteiger partial charge in [-0.2, -0.15) is 31.4 Å². The van der Waals surface area contributed by atoms with Crippen LogP contribution >= 0.6 is 0 Å². The van der Waals surface area contributed by atoms with E-state index in [9.17, 15) is 36.2 Å². The lowest BCUT2D eigenvalue weighted by atomic mass is 10.1. The summed E-state index contributed by atoms with van der Waals surface area (Å²) in [5, 5.41) is 13.1. The number of aryl methyl sites for hydroxylation is 1. The summed E-state index contributed by atoms with van der Waals surface area (Å²) in [5.41, 5.74) is -1.56. The average Bonchev–Trinajstić information content (AvgIpc) is 2.91. The van der Waals surface area contributed by atoms with Crippen molar-refractivity contribution in [3.63, 3.8) is 0 Å². The summed E-state index contributed by atoms with van der Waals surface area (Å²) >= 11 is 0. The number of halogens is 6. The van der Waals surface area contributed by atoms with E-state index in [-0.39, 0.29) is 29.1 Å². The Bertz CT molecular complexity index is 1080. The fourth-order valence-corrected chi connectivity index (χ4v) is 2.79. The third-order valence-electron chi connectivity index (χ3n) is 4.17. The van der Waals surface area contributed by atoms with Crippen LogP contribution in [0.25, 0.3) is 11.0 Å². The van der Waals surface area contributed by atoms with E-state index in [2.05, 4.69) is 15.1 Å². The molecule has 0 fully saturated rings. The number of alkyl halides is 6. The zero-order valence-electron chi connectivity index (χ0n) is 14.8. The molecule has 0 aliphatic heterocycles. The van der Waals surface area contributed by atoms with Gasteiger partial charge in [0.1, 0.15) is 11.2 Å². The third kappa shape index (κ3) is 4.42. The molecule has 1 aromatic carbocycles. The molecule has 2 heterocycles. The Balaban J connectivity index is 2.03. The minimum absolute atomic E-state index is 0.0319. The Hall–Kier alpha value is -2.89. The second-order valence-electron chi connectivity index (χ2n) is 6.41. The first-order valence-electron chi connectivity index (χ1n) is 8.23. The Kier molecular flexibility index (Phi) is 5.15. The van der Waals surface area contributed by atoms with Gasteiger partial charge >= 0.3 is 12.4 Å². The van der Waals surface area contributed by atoms with Gasteiger partial charge in [-0.25, -0.2) is 9.67 Å². The highest BCUT2D eigenvalue weighted by atomic mass is 19.4. The maximum absolute atomic E-state index is 12.7. The van der Waals surface area contributed by atoms with Crippen LogP contribution < -0.4 is 5.56 Å². The molecule has 2 N–H and O–H groups in total. The monoisotopic (exact) mass is 420 g/mol. The number of aromatic nitrogens is 4. The van der Waals surface area contributed by atoms with Crippen LogP contribution in [-0.2, 0) is 19.1 Å². The molecule has 0 radical (unpaired) electrons. The first-order valence-corrected chi connectivity index (χ1v) is 8.23. The van der Waals surface area contributed by atoms with Crippen LogP contribution in [0.15, 0.2) is 29.1 Å². The molecular weight excluding hydrogens is 406 g/mol. The quantitative estimate of drug-likeness (QED) is 0.636. The van der Waals surface area contributed by atoms with Gasteiger partial charge < -0.3 is 10.1 Å². The number of nitrogens with one attached hydrogen (secondary N) is 1. The fraction of sp³-hybridized carbons (Fsp3) is 0.353. The van der Waals surface area contributed by atoms with Gasteiger partial charge in [0.2, 0.25) is 0 Å². The lowest BCUT2D eigenvalue weighted by molar-refractivity contribution is -0.203. The van der Waals surface area contributed by atoms with Crippen molar-refractivity contribution in [3.8, 4) is 0 Å². The number of nitrogens with zero attached hydrogens (tertiary/aromatic N) is 3. The highest BCUT2D eigenvalue weighted by Crippen LogP contribution is 2.29. The van der Waals surface area contributed by atoms with E-state index >= 15 is 0 Å². The predicted molar refractivity (Wildman–Crippen MR) is 89.2 cm³/mol. The van der Waals surface area contributed by atoms with Crippen molar-refractivity contribution in [2.24, 2.45) is 0 Å². The molecule has 29 heavy (non-hydrogen) atoms. The van der Waals surface area contributed by atoms with Crippen molar-refractivity contribution in [2.75, 3.05) is 0 Å². The second kappa shape index (κ2) is 7.17. The molecule has 0 bridgehead atoms. The summed E-state index contributed by atoms with van der Waals surface area (Å²) in [5.74, 6) is 0.180. The van der Waals surface area contributed by atoms with Gasteiger partial charge in [0.05, 0.1) is 17.8 Å². The number of aliphatic hydroxyl groups is 1. The van der Waals surface area contributed by atoms with Crippen molar-refractivity contribution in [1.29, 1.82) is 0 Å². The average molecular weight is 420 g/mol. The number of hydrogen-bond acceptors (Lipinski definition) is 4. The summed E-state index contributed by atoms with van der Waals surface area (Å²) in [6.45, 7) is 1.33. The SMILES string of the molecule is Cc1nc2c(c(CC(O)C(F)(F)F)nn2Cc2ccc(C(F)(F)F)cc2)c(=O)[nH]1. The normalized spacial score (nSPS) is 13.8. The maximum Gasteiger partial charge on any atom is 0.416 e. The largest absolute Gasteiger partial charge is 0.416 e. The summed E-state index contributed by atoms with van der Waals surface area (Å²) in [6.07, 6.45) is -13.1. The van der Waals surface area contributed by atoms with Crippen molar-refractivity contribution in [1.82, 2.24) is 19.7 Å². The third-order valence-corrected chi connectivity index (χ3v) is 4.17. The van der Waals surface area contributed by atoms with E-state index in [1.807, 2.05) is 0 Å². The van der Waals surface area contributed by atoms with Gasteiger partial charge in [0, 0.05) is 6.42 Å². The Labute approximate surface area is 158 Å². The van der Waals surface area contributed by atoms with Crippen molar-refractivity contribution < 1.29 is 31.4 Å². The Morgan fingerprint density at radius 3 is 2.31 bits per heavy atom. The number of fused-ring (bicyclic) bond motifs is 1. The molecule has 6 nitrogen and oxygen atoms in total. The topological polar surface area (TPSA) is 83.8 Å². The minimum atomic E-state index is -4.91. The molecule has 3 rings (SSSR count). The number of aromatic amines is 1. The maximum atomic E-state index is 12.7. The fourth-order valence-electron chi connectivity index (χ4n) is 2.79. The molecule has 156 valence electrons. The standard InChI is InChI=1S/C17H14F6N4O2/c1-8-24-14-13(15(29)25-8)11(6-12(28)17(21,22)23)26-27(14)7-9-2-4-10(5-3-9)16(18,19)20/h2-5,12,28H,6-7H2,1H3,(H,24,25,29). The zero-order valence-corrected chi connectivity index (χ0v) is 14.8. The molecular formula is C17H14F6N4O2. The number of hydrogen-bond donors (Lipinski definition) is 2. The molecule has 0 saturated heterocycles. The lowest BCUT2D eigenvalue weighted by Gasteiger charge is -2.12. The van der Waals surface area contributed by atoms with Gasteiger partial charge in [-0.1, -0.05) is 12.1 Å². The van der Waals surface area contributed by atoms with Crippen LogP contribution in [0.3, 0.4) is 0 Å². The van der Waals surface area contributed by atoms with Gasteiger partial charge in [-0.15, -0.1) is 0 Å². The molecule has 12 heteroatoms. The Morgan fingerprint density at radius 1 is 1.14 bits per heavy atom. The van der Waals surface area contributed by atoms with Crippen LogP contribution in [0.4, 0.5) is 26.3 Å². The van der Waals surface area contributed by atoms with E-state index in [0.29, 0.717) is 5.56 Å². The smallest absolute Gasteiger partial charge is 0.383 e. The summed E-state index contributed by atoms with van der Waals surface area (Å²) in [7, 11) is 0. The molecule has 0 aliphatic rings. The van der Waals surface area contributed by atoms with Crippen molar-refractivity contribution in [3.05, 3.63) is 57.3 Å². The molecule has 0 saturated carbocycles. The van der Waals surface area contributed by atoms with E-state index in [1.165, 1.54) is 19.1 Å². The van der Waals surface area contributed by atoms with E-state index in [0.717, 1.165) is 16.8 Å². The zero-order chi connectivity index (χ0) is 21.6. The minimum Gasteiger partial charge on any atom is -0.383 e. The van der Waals surface area contributed by atoms with Gasteiger partial charge in [-0.3, -0.25) is 4.79 Å². The van der Waals surface area contributed by atoms with E-state index in [1.54, 1.807) is 0 Å². The van der Waals surface area contributed by atoms with Crippen molar-refractivity contribution >= 4 is 11.0 Å². The molecule has 0 aliphatic carbocycles. The number of rotatable bonds is 4. The number of aliphatic hydroxyl groups excluding tert-OH is 1. The van der Waals surface area contributed by atoms with E-state index < -0.39 is 36.0 Å². The van der Waals surface area contributed by atoms with Crippen LogP contribution in [0.1, 0.15) is 22.6 Å². The first kappa shape index (κ1) is 20.8. The summed E-state index contributed by atoms with van der Waals surface area (Å²) in [6, 6.07) is 4.11. The summed E-state index contributed by atoms with van der Waals surface area (Å²) in [4.78, 5) is 18.7. The van der Waals surface area contributed by atoms with Gasteiger partial charge in [0.25, 0.3) is 5.56 Å². The second-order valence-corrected chi connectivity index (χ2v) is 6.41. The van der Waals surface area contributed by atoms with E-state index in [4.69, 9.17) is 0 Å². The summed E-state index contributed by atoms with van der Waals surface area (Å²) < 4.78 is 77.3. The molecule has 0 spiro atoms. The lowest BCUT2D eigenvalue weighted by Crippen LogP contribution is -2.31. The molecule has 1 unspecified atom stereocenters. The van der Waals surface area contributed by atoms with Gasteiger partial charge in [0.15, 0.2) is 11.8 Å². The molecule has 0 amide bonds. The Morgan fingerprint density at radius 2 is 1.76 bits per heavy atom. The highest BCUT2D eigenvalue weighted by molar-refractivity contribution is 5.77. The molecule has 2 aromatic heterocycles. The highest BCUT2D eigenvalue weighted by Gasteiger charge is 2.39.